The van der Waals surface area contributed by atoms with Crippen LogP contribution in [0.1, 0.15) is 62.5 Å². The van der Waals surface area contributed by atoms with Crippen LogP contribution in [0.4, 0.5) is 4.79 Å². The summed E-state index contributed by atoms with van der Waals surface area (Å²) in [6.45, 7) is 1.63. The maximum absolute atomic E-state index is 12.8. The van der Waals surface area contributed by atoms with Gasteiger partial charge in [0.2, 0.25) is 5.91 Å². The Morgan fingerprint density at radius 2 is 1.58 bits per heavy atom. The van der Waals surface area contributed by atoms with Crippen molar-refractivity contribution in [1.82, 2.24) is 10.6 Å². The maximum atomic E-state index is 12.8. The topological polar surface area (TPSA) is 105 Å². The fourth-order valence-electron chi connectivity index (χ4n) is 5.09. The first-order valence-electron chi connectivity index (χ1n) is 11.5. The third-order valence-corrected chi connectivity index (χ3v) is 6.77. The number of fused-ring (bicyclic) bond motifs is 3. The molecule has 7 heteroatoms. The number of amides is 2. The van der Waals surface area contributed by atoms with Crippen molar-refractivity contribution in [2.45, 2.75) is 62.9 Å². The fourth-order valence-corrected chi connectivity index (χ4v) is 5.09. The van der Waals surface area contributed by atoms with Crippen molar-refractivity contribution in [2.24, 2.45) is 0 Å². The van der Waals surface area contributed by atoms with Crippen LogP contribution in [0.15, 0.2) is 48.5 Å². The third kappa shape index (κ3) is 5.02. The van der Waals surface area contributed by atoms with E-state index in [1.54, 1.807) is 0 Å². The minimum absolute atomic E-state index is 0.0365. The summed E-state index contributed by atoms with van der Waals surface area (Å²) in [6.07, 6.45) is 3.64. The zero-order valence-corrected chi connectivity index (χ0v) is 18.8. The molecule has 1 saturated carbocycles. The first-order chi connectivity index (χ1) is 15.9. The summed E-state index contributed by atoms with van der Waals surface area (Å²) >= 11 is 0. The number of ether oxygens (including phenoxy) is 1. The van der Waals surface area contributed by atoms with Gasteiger partial charge in [-0.1, -0.05) is 67.8 Å². The van der Waals surface area contributed by atoms with Crippen LogP contribution in [0.3, 0.4) is 0 Å². The van der Waals surface area contributed by atoms with Gasteiger partial charge in [0, 0.05) is 12.3 Å². The first kappa shape index (κ1) is 22.8. The summed E-state index contributed by atoms with van der Waals surface area (Å²) in [5, 5.41) is 14.5. The van der Waals surface area contributed by atoms with Gasteiger partial charge in [-0.2, -0.15) is 0 Å². The Hall–Kier alpha value is -3.35. The second-order valence-corrected chi connectivity index (χ2v) is 9.10. The monoisotopic (exact) mass is 450 g/mol. The number of carboxylic acids is 1. The summed E-state index contributed by atoms with van der Waals surface area (Å²) in [5.41, 5.74) is 3.88. The molecular weight excluding hydrogens is 420 g/mol. The van der Waals surface area contributed by atoms with E-state index in [0.29, 0.717) is 12.8 Å². The molecule has 2 aromatic carbocycles. The van der Waals surface area contributed by atoms with Crippen molar-refractivity contribution in [2.75, 3.05) is 6.61 Å². The predicted molar refractivity (Wildman–Crippen MR) is 124 cm³/mol. The largest absolute Gasteiger partial charge is 0.480 e. The quantitative estimate of drug-likeness (QED) is 0.586. The van der Waals surface area contributed by atoms with Gasteiger partial charge in [0.25, 0.3) is 0 Å². The van der Waals surface area contributed by atoms with Crippen molar-refractivity contribution >= 4 is 18.0 Å². The summed E-state index contributed by atoms with van der Waals surface area (Å²) in [7, 11) is 0. The van der Waals surface area contributed by atoms with Gasteiger partial charge < -0.3 is 20.5 Å². The lowest BCUT2D eigenvalue weighted by molar-refractivity contribution is -0.141. The Morgan fingerprint density at radius 3 is 2.15 bits per heavy atom. The summed E-state index contributed by atoms with van der Waals surface area (Å²) in [4.78, 5) is 36.4. The van der Waals surface area contributed by atoms with E-state index < -0.39 is 23.6 Å². The SMILES string of the molecule is C[C@H](NC(=O)CC1(NC(=O)OCC2c3ccccc3-c3ccccc32)CCCCC1)C(=O)O. The standard InChI is InChI=1S/C26H30N2O5/c1-17(24(30)31)27-23(29)15-26(13-7-2-8-14-26)28-25(32)33-16-22-20-11-5-3-9-18(20)19-10-4-6-12-21(19)22/h3-6,9-12,17,22H,2,7-8,13-16H2,1H3,(H,27,29)(H,28,32)(H,30,31)/t17-/m0/s1. The lowest BCUT2D eigenvalue weighted by atomic mass is 9.79. The zero-order valence-electron chi connectivity index (χ0n) is 18.8. The molecule has 0 saturated heterocycles. The predicted octanol–water partition coefficient (Wildman–Crippen LogP) is 4.21. The Morgan fingerprint density at radius 1 is 1.00 bits per heavy atom. The van der Waals surface area contributed by atoms with Crippen LogP contribution >= 0.6 is 0 Å². The molecule has 4 rings (SSSR count). The van der Waals surface area contributed by atoms with E-state index in [2.05, 4.69) is 34.9 Å². The number of aliphatic carboxylic acids is 1. The van der Waals surface area contributed by atoms with Gasteiger partial charge in [-0.05, 0) is 42.0 Å². The second kappa shape index (κ2) is 9.65. The fraction of sp³-hybridized carbons (Fsp3) is 0.423. The van der Waals surface area contributed by atoms with E-state index in [9.17, 15) is 14.4 Å². The minimum Gasteiger partial charge on any atom is -0.480 e. The van der Waals surface area contributed by atoms with Crippen LogP contribution in [0.2, 0.25) is 0 Å². The summed E-state index contributed by atoms with van der Waals surface area (Å²) < 4.78 is 5.69. The van der Waals surface area contributed by atoms with Gasteiger partial charge in [0.15, 0.2) is 0 Å². The molecule has 0 unspecified atom stereocenters. The Labute approximate surface area is 193 Å². The molecule has 0 aliphatic heterocycles. The zero-order chi connectivity index (χ0) is 23.4. The number of carboxylic acid groups (broad SMARTS) is 1. The first-order valence-corrected chi connectivity index (χ1v) is 11.5. The molecule has 0 bridgehead atoms. The van der Waals surface area contributed by atoms with Crippen LogP contribution in [-0.2, 0) is 14.3 Å². The van der Waals surface area contributed by atoms with Gasteiger partial charge in [-0.3, -0.25) is 9.59 Å². The van der Waals surface area contributed by atoms with Gasteiger partial charge in [0.1, 0.15) is 12.6 Å². The minimum atomic E-state index is -1.09. The maximum Gasteiger partial charge on any atom is 0.407 e. The lowest BCUT2D eigenvalue weighted by Gasteiger charge is -2.37. The van der Waals surface area contributed by atoms with Gasteiger partial charge in [0.05, 0.1) is 5.54 Å². The number of nitrogens with one attached hydrogen (secondary N) is 2. The molecule has 2 aliphatic rings. The van der Waals surface area contributed by atoms with E-state index in [-0.39, 0.29) is 24.9 Å². The van der Waals surface area contributed by atoms with Crippen LogP contribution in [0.25, 0.3) is 11.1 Å². The molecule has 7 nitrogen and oxygen atoms in total. The van der Waals surface area contributed by atoms with E-state index >= 15 is 0 Å². The summed E-state index contributed by atoms with van der Waals surface area (Å²) in [5.74, 6) is -1.51. The van der Waals surface area contributed by atoms with Gasteiger partial charge in [-0.15, -0.1) is 0 Å². The molecule has 2 aromatic rings. The molecule has 2 aliphatic carbocycles. The van der Waals surface area contributed by atoms with E-state index in [1.165, 1.54) is 6.92 Å². The van der Waals surface area contributed by atoms with E-state index in [1.807, 2.05) is 24.3 Å². The number of alkyl carbamates (subject to hydrolysis) is 1. The highest BCUT2D eigenvalue weighted by molar-refractivity contribution is 5.84. The highest BCUT2D eigenvalue weighted by Crippen LogP contribution is 2.44. The Bertz CT molecular complexity index is 999. The van der Waals surface area contributed by atoms with Crippen molar-refractivity contribution < 1.29 is 24.2 Å². The average molecular weight is 451 g/mol. The third-order valence-electron chi connectivity index (χ3n) is 6.77. The molecule has 1 atom stereocenters. The molecule has 1 fully saturated rings. The lowest BCUT2D eigenvalue weighted by Crippen LogP contribution is -2.53. The van der Waals surface area contributed by atoms with Crippen LogP contribution in [-0.4, -0.2) is 41.3 Å². The number of carbonyl (C=O) groups excluding carboxylic acids is 2. The normalized spacial score (nSPS) is 17.4. The van der Waals surface area contributed by atoms with Crippen LogP contribution in [0.5, 0.6) is 0 Å². The molecule has 3 N–H and O–H groups in total. The number of rotatable bonds is 7. The van der Waals surface area contributed by atoms with E-state index in [4.69, 9.17) is 9.84 Å². The molecule has 0 spiro atoms. The molecule has 0 heterocycles. The van der Waals surface area contributed by atoms with Crippen LogP contribution < -0.4 is 10.6 Å². The molecular formula is C26H30N2O5. The van der Waals surface area contributed by atoms with Crippen molar-refractivity contribution in [1.29, 1.82) is 0 Å². The molecule has 0 radical (unpaired) electrons. The summed E-state index contributed by atoms with van der Waals surface area (Å²) in [6, 6.07) is 15.3. The average Bonchev–Trinajstić information content (AvgIpc) is 3.11. The van der Waals surface area contributed by atoms with Gasteiger partial charge >= 0.3 is 12.1 Å². The Kier molecular flexibility index (Phi) is 6.67. The van der Waals surface area contributed by atoms with Crippen LogP contribution in [0, 0.1) is 0 Å². The Balaban J connectivity index is 1.42. The molecule has 0 aromatic heterocycles. The van der Waals surface area contributed by atoms with Gasteiger partial charge in [-0.25, -0.2) is 4.79 Å². The highest BCUT2D eigenvalue weighted by atomic mass is 16.5. The van der Waals surface area contributed by atoms with Crippen molar-refractivity contribution in [3.8, 4) is 11.1 Å². The molecule has 174 valence electrons. The smallest absolute Gasteiger partial charge is 0.407 e. The number of hydrogen-bond acceptors (Lipinski definition) is 4. The molecule has 33 heavy (non-hydrogen) atoms. The molecule has 2 amide bonds. The number of hydrogen-bond donors (Lipinski definition) is 3. The van der Waals surface area contributed by atoms with Crippen molar-refractivity contribution in [3.05, 3.63) is 59.7 Å². The van der Waals surface area contributed by atoms with E-state index in [0.717, 1.165) is 41.5 Å². The highest BCUT2D eigenvalue weighted by Gasteiger charge is 2.37. The number of benzene rings is 2. The second-order valence-electron chi connectivity index (χ2n) is 9.10. The van der Waals surface area contributed by atoms with Crippen molar-refractivity contribution in [3.63, 3.8) is 0 Å². The number of carbonyl (C=O) groups is 3.